The minimum atomic E-state index is 0.871. The van der Waals surface area contributed by atoms with E-state index < -0.39 is 0 Å². The zero-order valence-electron chi connectivity index (χ0n) is 28.4. The van der Waals surface area contributed by atoms with Gasteiger partial charge in [0.15, 0.2) is 0 Å². The number of rotatable bonds is 6. The van der Waals surface area contributed by atoms with Gasteiger partial charge in [0, 0.05) is 33.9 Å². The van der Waals surface area contributed by atoms with Crippen molar-refractivity contribution in [3.05, 3.63) is 200 Å². The Balaban J connectivity index is 1.13. The molecule has 0 fully saturated rings. The topological polar surface area (TPSA) is 16.4 Å². The lowest BCUT2D eigenvalue weighted by Gasteiger charge is -2.26. The molecular formula is C50H33NO. The van der Waals surface area contributed by atoms with Crippen molar-refractivity contribution in [3.63, 3.8) is 0 Å². The standard InChI is InChI=1S/C50H33NO/c1-3-12-34(13-4-1)37-16-11-17-38(30-37)35-22-24-40(25-23-35)51(42-27-29-47-46-20-9-10-21-49(46)52-50(47)33-42)41-26-28-43-39(31-41)32-48(36-14-5-2-6-15-36)45-19-8-7-18-44(43)45/h1-33H. The number of hydrogen-bond acceptors (Lipinski definition) is 2. The predicted molar refractivity (Wildman–Crippen MR) is 220 cm³/mol. The highest BCUT2D eigenvalue weighted by Gasteiger charge is 2.18. The lowest BCUT2D eigenvalue weighted by atomic mass is 9.93. The van der Waals surface area contributed by atoms with E-state index in [9.17, 15) is 0 Å². The van der Waals surface area contributed by atoms with Crippen LogP contribution in [0.3, 0.4) is 0 Å². The average molecular weight is 664 g/mol. The Labute approximate surface area is 302 Å². The van der Waals surface area contributed by atoms with Crippen LogP contribution in [0.1, 0.15) is 0 Å². The van der Waals surface area contributed by atoms with Crippen molar-refractivity contribution in [2.45, 2.75) is 0 Å². The van der Waals surface area contributed by atoms with Crippen molar-refractivity contribution in [1.82, 2.24) is 0 Å². The number of anilines is 3. The summed E-state index contributed by atoms with van der Waals surface area (Å²) >= 11 is 0. The average Bonchev–Trinajstić information content (AvgIpc) is 3.59. The molecular weight excluding hydrogens is 631 g/mol. The summed E-state index contributed by atoms with van der Waals surface area (Å²) in [5, 5.41) is 7.18. The van der Waals surface area contributed by atoms with Crippen LogP contribution in [0.2, 0.25) is 0 Å². The molecule has 52 heavy (non-hydrogen) atoms. The molecule has 1 heterocycles. The van der Waals surface area contributed by atoms with Gasteiger partial charge in [0.05, 0.1) is 0 Å². The van der Waals surface area contributed by atoms with Gasteiger partial charge in [0.25, 0.3) is 0 Å². The summed E-state index contributed by atoms with van der Waals surface area (Å²) in [6, 6.07) is 71.7. The van der Waals surface area contributed by atoms with Gasteiger partial charge in [-0.25, -0.2) is 0 Å². The molecule has 0 atom stereocenters. The summed E-state index contributed by atoms with van der Waals surface area (Å²) in [4.78, 5) is 2.34. The highest BCUT2D eigenvalue weighted by molar-refractivity contribution is 6.14. The largest absolute Gasteiger partial charge is 0.456 e. The molecule has 9 aromatic carbocycles. The van der Waals surface area contributed by atoms with Crippen LogP contribution in [0, 0.1) is 0 Å². The fourth-order valence-electron chi connectivity index (χ4n) is 7.71. The Hall–Kier alpha value is -6.90. The third-order valence-corrected chi connectivity index (χ3v) is 10.2. The van der Waals surface area contributed by atoms with Gasteiger partial charge in [0.2, 0.25) is 0 Å². The molecule has 0 aliphatic heterocycles. The van der Waals surface area contributed by atoms with Crippen molar-refractivity contribution in [1.29, 1.82) is 0 Å². The first kappa shape index (κ1) is 30.0. The third kappa shape index (κ3) is 5.21. The Kier molecular flexibility index (Phi) is 7.18. The van der Waals surface area contributed by atoms with E-state index in [4.69, 9.17) is 4.42 Å². The highest BCUT2D eigenvalue weighted by Crippen LogP contribution is 2.42. The number of fused-ring (bicyclic) bond motifs is 6. The zero-order valence-corrected chi connectivity index (χ0v) is 28.4. The Bertz CT molecular complexity index is 2890. The molecule has 0 saturated heterocycles. The molecule has 10 rings (SSSR count). The Morgan fingerprint density at radius 3 is 1.58 bits per heavy atom. The van der Waals surface area contributed by atoms with E-state index in [-0.39, 0.29) is 0 Å². The van der Waals surface area contributed by atoms with Gasteiger partial charge in [-0.2, -0.15) is 0 Å². The summed E-state index contributed by atoms with van der Waals surface area (Å²) < 4.78 is 6.40. The summed E-state index contributed by atoms with van der Waals surface area (Å²) in [5.74, 6) is 0. The first-order valence-corrected chi connectivity index (χ1v) is 17.8. The Morgan fingerprint density at radius 2 is 0.827 bits per heavy atom. The number of para-hydroxylation sites is 1. The second-order valence-electron chi connectivity index (χ2n) is 13.3. The number of benzene rings is 9. The lowest BCUT2D eigenvalue weighted by Crippen LogP contribution is -2.09. The van der Waals surface area contributed by atoms with E-state index >= 15 is 0 Å². The van der Waals surface area contributed by atoms with Crippen LogP contribution in [0.4, 0.5) is 17.1 Å². The van der Waals surface area contributed by atoms with E-state index in [1.165, 1.54) is 54.9 Å². The van der Waals surface area contributed by atoms with Crippen molar-refractivity contribution >= 4 is 60.5 Å². The predicted octanol–water partition coefficient (Wildman–Crippen LogP) is 14.4. The van der Waals surface area contributed by atoms with Crippen molar-refractivity contribution in [3.8, 4) is 33.4 Å². The summed E-state index contributed by atoms with van der Waals surface area (Å²) in [6.07, 6.45) is 0. The Morgan fingerprint density at radius 1 is 0.288 bits per heavy atom. The second-order valence-corrected chi connectivity index (χ2v) is 13.3. The quantitative estimate of drug-likeness (QED) is 0.165. The first-order chi connectivity index (χ1) is 25.8. The van der Waals surface area contributed by atoms with E-state index in [1.807, 2.05) is 12.1 Å². The summed E-state index contributed by atoms with van der Waals surface area (Å²) in [5.41, 5.74) is 12.2. The lowest BCUT2D eigenvalue weighted by molar-refractivity contribution is 0.669. The molecule has 0 aliphatic carbocycles. The molecule has 0 N–H and O–H groups in total. The SMILES string of the molecule is c1ccc(-c2cccc(-c3ccc(N(c4ccc5c(c4)cc(-c4ccccc4)c4ccccc45)c4ccc5c(c4)oc4ccccc45)cc3)c2)cc1. The maximum Gasteiger partial charge on any atom is 0.137 e. The van der Waals surface area contributed by atoms with Gasteiger partial charge < -0.3 is 9.32 Å². The molecule has 0 amide bonds. The van der Waals surface area contributed by atoms with Gasteiger partial charge in [-0.05, 0) is 110 Å². The van der Waals surface area contributed by atoms with Crippen LogP contribution >= 0.6 is 0 Å². The molecule has 0 radical (unpaired) electrons. The maximum absolute atomic E-state index is 6.40. The van der Waals surface area contributed by atoms with Crippen LogP contribution < -0.4 is 4.90 Å². The monoisotopic (exact) mass is 663 g/mol. The molecule has 2 heteroatoms. The number of nitrogens with zero attached hydrogens (tertiary/aromatic N) is 1. The molecule has 0 unspecified atom stereocenters. The number of furan rings is 1. The highest BCUT2D eigenvalue weighted by atomic mass is 16.3. The smallest absolute Gasteiger partial charge is 0.137 e. The van der Waals surface area contributed by atoms with Crippen molar-refractivity contribution in [2.24, 2.45) is 0 Å². The normalized spacial score (nSPS) is 11.5. The molecule has 244 valence electrons. The van der Waals surface area contributed by atoms with E-state index in [0.29, 0.717) is 0 Å². The molecule has 0 saturated carbocycles. The molecule has 10 aromatic rings. The second kappa shape index (κ2) is 12.5. The third-order valence-electron chi connectivity index (χ3n) is 10.2. The fraction of sp³-hybridized carbons (Fsp3) is 0. The molecule has 2 nitrogen and oxygen atoms in total. The van der Waals surface area contributed by atoms with Gasteiger partial charge in [-0.15, -0.1) is 0 Å². The maximum atomic E-state index is 6.40. The van der Waals surface area contributed by atoms with Crippen LogP contribution in [0.5, 0.6) is 0 Å². The molecule has 0 bridgehead atoms. The minimum Gasteiger partial charge on any atom is -0.456 e. The van der Waals surface area contributed by atoms with Gasteiger partial charge >= 0.3 is 0 Å². The fourth-order valence-corrected chi connectivity index (χ4v) is 7.71. The van der Waals surface area contributed by atoms with E-state index in [2.05, 4.69) is 193 Å². The van der Waals surface area contributed by atoms with Crippen LogP contribution in [0.25, 0.3) is 76.9 Å². The van der Waals surface area contributed by atoms with Gasteiger partial charge in [0.1, 0.15) is 11.2 Å². The molecule has 0 spiro atoms. The number of hydrogen-bond donors (Lipinski definition) is 0. The van der Waals surface area contributed by atoms with Crippen molar-refractivity contribution < 1.29 is 4.42 Å². The van der Waals surface area contributed by atoms with Crippen LogP contribution in [0.15, 0.2) is 205 Å². The van der Waals surface area contributed by atoms with Gasteiger partial charge in [-0.1, -0.05) is 140 Å². The van der Waals surface area contributed by atoms with Crippen molar-refractivity contribution in [2.75, 3.05) is 4.90 Å². The minimum absolute atomic E-state index is 0.871. The summed E-state index contributed by atoms with van der Waals surface area (Å²) in [7, 11) is 0. The molecule has 1 aromatic heterocycles. The van der Waals surface area contributed by atoms with E-state index in [0.717, 1.165) is 39.0 Å². The van der Waals surface area contributed by atoms with Crippen LogP contribution in [-0.2, 0) is 0 Å². The zero-order chi connectivity index (χ0) is 34.4. The van der Waals surface area contributed by atoms with Crippen LogP contribution in [-0.4, -0.2) is 0 Å². The molecule has 0 aliphatic rings. The van der Waals surface area contributed by atoms with Gasteiger partial charge in [-0.3, -0.25) is 0 Å². The van der Waals surface area contributed by atoms with E-state index in [1.54, 1.807) is 0 Å². The first-order valence-electron chi connectivity index (χ1n) is 17.8. The summed E-state index contributed by atoms with van der Waals surface area (Å²) in [6.45, 7) is 0.